The lowest BCUT2D eigenvalue weighted by Crippen LogP contribution is -2.11. The molecule has 7 nitrogen and oxygen atoms in total. The van der Waals surface area contributed by atoms with Crippen molar-refractivity contribution in [3.05, 3.63) is 58.6 Å². The summed E-state index contributed by atoms with van der Waals surface area (Å²) < 4.78 is 15.9. The number of ether oxygens (including phenoxy) is 3. The summed E-state index contributed by atoms with van der Waals surface area (Å²) in [5.41, 5.74) is 1.48. The van der Waals surface area contributed by atoms with Gasteiger partial charge in [0.15, 0.2) is 11.5 Å². The predicted octanol–water partition coefficient (Wildman–Crippen LogP) is 3.12. The van der Waals surface area contributed by atoms with Gasteiger partial charge in [-0.2, -0.15) is 0 Å². The third-order valence-electron chi connectivity index (χ3n) is 3.86. The van der Waals surface area contributed by atoms with Crippen LogP contribution in [0.3, 0.4) is 0 Å². The Bertz CT molecular complexity index is 957. The third-order valence-corrected chi connectivity index (χ3v) is 4.69. The lowest BCUT2D eigenvalue weighted by atomic mass is 10.1. The number of nitrogens with one attached hydrogen (secondary N) is 1. The molecule has 132 valence electrons. The van der Waals surface area contributed by atoms with Gasteiger partial charge in [-0.15, -0.1) is 10.2 Å². The van der Waals surface area contributed by atoms with E-state index in [4.69, 9.17) is 14.2 Å². The van der Waals surface area contributed by atoms with Crippen LogP contribution in [0.1, 0.15) is 20.9 Å². The summed E-state index contributed by atoms with van der Waals surface area (Å²) >= 11 is 1.33. The number of methoxy groups -OCH3 is 1. The van der Waals surface area contributed by atoms with E-state index in [9.17, 15) is 4.79 Å². The van der Waals surface area contributed by atoms with Gasteiger partial charge in [0.1, 0.15) is 10.8 Å². The Balaban J connectivity index is 1.45. The molecule has 8 heteroatoms. The molecule has 4 rings (SSSR count). The Kier molecular flexibility index (Phi) is 4.40. The van der Waals surface area contributed by atoms with Crippen LogP contribution in [0.2, 0.25) is 0 Å². The molecular formula is C18H15N3O4S. The van der Waals surface area contributed by atoms with E-state index in [-0.39, 0.29) is 12.7 Å². The van der Waals surface area contributed by atoms with Crippen LogP contribution in [0, 0.1) is 0 Å². The molecule has 0 aliphatic carbocycles. The molecule has 1 N–H and O–H groups in total. The van der Waals surface area contributed by atoms with E-state index in [0.29, 0.717) is 28.6 Å². The number of aromatic nitrogens is 2. The standard InChI is InChI=1S/C18H15N3O4S/c1-23-13-5-3-2-4-11(13)9-16-20-21-18(26-16)19-17(22)12-6-7-14-15(8-12)25-10-24-14/h2-8H,9-10H2,1H3,(H,19,21,22). The molecule has 0 saturated carbocycles. The first kappa shape index (κ1) is 16.3. The molecule has 2 aromatic carbocycles. The Labute approximate surface area is 153 Å². The number of hydrogen-bond acceptors (Lipinski definition) is 7. The van der Waals surface area contributed by atoms with Crippen molar-refractivity contribution in [1.82, 2.24) is 10.2 Å². The first-order chi connectivity index (χ1) is 12.7. The topological polar surface area (TPSA) is 82.6 Å². The minimum atomic E-state index is -0.275. The zero-order chi connectivity index (χ0) is 17.9. The molecule has 0 saturated heterocycles. The highest BCUT2D eigenvalue weighted by atomic mass is 32.1. The predicted molar refractivity (Wildman–Crippen MR) is 96.2 cm³/mol. The van der Waals surface area contributed by atoms with Gasteiger partial charge in [-0.1, -0.05) is 29.5 Å². The molecule has 1 aromatic heterocycles. The molecule has 0 unspecified atom stereocenters. The maximum absolute atomic E-state index is 12.4. The summed E-state index contributed by atoms with van der Waals surface area (Å²) in [6.45, 7) is 0.170. The quantitative estimate of drug-likeness (QED) is 0.744. The van der Waals surface area contributed by atoms with Gasteiger partial charge < -0.3 is 14.2 Å². The molecule has 1 aliphatic heterocycles. The van der Waals surface area contributed by atoms with Crippen molar-refractivity contribution >= 4 is 22.4 Å². The van der Waals surface area contributed by atoms with E-state index in [1.54, 1.807) is 25.3 Å². The number of anilines is 1. The normalized spacial score (nSPS) is 12.0. The Hall–Kier alpha value is -3.13. The van der Waals surface area contributed by atoms with Crippen LogP contribution in [-0.4, -0.2) is 30.0 Å². The van der Waals surface area contributed by atoms with Crippen LogP contribution in [0.25, 0.3) is 0 Å². The molecule has 0 atom stereocenters. The number of nitrogens with zero attached hydrogens (tertiary/aromatic N) is 2. The average Bonchev–Trinajstić information content (AvgIpc) is 3.30. The van der Waals surface area contributed by atoms with E-state index in [2.05, 4.69) is 15.5 Å². The molecule has 2 heterocycles. The minimum absolute atomic E-state index is 0.170. The van der Waals surface area contributed by atoms with Crippen LogP contribution < -0.4 is 19.5 Å². The fourth-order valence-corrected chi connectivity index (χ4v) is 3.35. The van der Waals surface area contributed by atoms with E-state index in [1.165, 1.54) is 11.3 Å². The van der Waals surface area contributed by atoms with Crippen LogP contribution in [0.15, 0.2) is 42.5 Å². The van der Waals surface area contributed by atoms with E-state index in [0.717, 1.165) is 16.3 Å². The molecule has 3 aromatic rings. The van der Waals surface area contributed by atoms with Gasteiger partial charge in [0.25, 0.3) is 5.91 Å². The SMILES string of the molecule is COc1ccccc1Cc1nnc(NC(=O)c2ccc3c(c2)OCO3)s1. The summed E-state index contributed by atoms with van der Waals surface area (Å²) in [5.74, 6) is 1.72. The van der Waals surface area contributed by atoms with E-state index >= 15 is 0 Å². The lowest BCUT2D eigenvalue weighted by molar-refractivity contribution is 0.102. The minimum Gasteiger partial charge on any atom is -0.496 e. The van der Waals surface area contributed by atoms with Gasteiger partial charge in [-0.25, -0.2) is 0 Å². The van der Waals surface area contributed by atoms with E-state index < -0.39 is 0 Å². The summed E-state index contributed by atoms with van der Waals surface area (Å²) in [6, 6.07) is 12.8. The molecule has 0 bridgehead atoms. The van der Waals surface area contributed by atoms with Gasteiger partial charge in [0, 0.05) is 17.5 Å². The van der Waals surface area contributed by atoms with Gasteiger partial charge in [-0.3, -0.25) is 10.1 Å². The maximum atomic E-state index is 12.4. The van der Waals surface area contributed by atoms with E-state index in [1.807, 2.05) is 24.3 Å². The summed E-state index contributed by atoms with van der Waals surface area (Å²) in [5, 5.41) is 12.2. The zero-order valence-electron chi connectivity index (χ0n) is 13.9. The first-order valence-corrected chi connectivity index (χ1v) is 8.70. The maximum Gasteiger partial charge on any atom is 0.257 e. The number of amides is 1. The summed E-state index contributed by atoms with van der Waals surface area (Å²) in [7, 11) is 1.63. The Morgan fingerprint density at radius 2 is 2.04 bits per heavy atom. The highest BCUT2D eigenvalue weighted by molar-refractivity contribution is 7.15. The van der Waals surface area contributed by atoms with Gasteiger partial charge >= 0.3 is 0 Å². The fraction of sp³-hybridized carbons (Fsp3) is 0.167. The fourth-order valence-electron chi connectivity index (χ4n) is 2.59. The molecule has 0 radical (unpaired) electrons. The zero-order valence-corrected chi connectivity index (χ0v) is 14.7. The van der Waals surface area contributed by atoms with Crippen molar-refractivity contribution in [2.75, 3.05) is 19.2 Å². The van der Waals surface area contributed by atoms with Crippen LogP contribution >= 0.6 is 11.3 Å². The number of carbonyl (C=O) groups is 1. The molecule has 1 aliphatic rings. The van der Waals surface area contributed by atoms with Gasteiger partial charge in [0.05, 0.1) is 7.11 Å². The third kappa shape index (κ3) is 3.31. The molecule has 0 fully saturated rings. The number of para-hydroxylation sites is 1. The van der Waals surface area contributed by atoms with Crippen molar-refractivity contribution in [2.45, 2.75) is 6.42 Å². The highest BCUT2D eigenvalue weighted by Crippen LogP contribution is 2.32. The van der Waals surface area contributed by atoms with Crippen molar-refractivity contribution < 1.29 is 19.0 Å². The van der Waals surface area contributed by atoms with Crippen molar-refractivity contribution in [3.63, 3.8) is 0 Å². The summed E-state index contributed by atoms with van der Waals surface area (Å²) in [4.78, 5) is 12.4. The monoisotopic (exact) mass is 369 g/mol. The number of hydrogen-bond donors (Lipinski definition) is 1. The summed E-state index contributed by atoms with van der Waals surface area (Å²) in [6.07, 6.45) is 0.585. The number of fused-ring (bicyclic) bond motifs is 1. The number of carbonyl (C=O) groups excluding carboxylic acids is 1. The van der Waals surface area contributed by atoms with Crippen molar-refractivity contribution in [1.29, 1.82) is 0 Å². The second kappa shape index (κ2) is 7.01. The Morgan fingerprint density at radius 3 is 2.92 bits per heavy atom. The molecule has 1 amide bonds. The second-order valence-corrected chi connectivity index (χ2v) is 6.57. The molecule has 0 spiro atoms. The Morgan fingerprint density at radius 1 is 1.19 bits per heavy atom. The molecular weight excluding hydrogens is 354 g/mol. The average molecular weight is 369 g/mol. The second-order valence-electron chi connectivity index (χ2n) is 5.51. The molecule has 26 heavy (non-hydrogen) atoms. The van der Waals surface area contributed by atoms with Crippen molar-refractivity contribution in [2.24, 2.45) is 0 Å². The highest BCUT2D eigenvalue weighted by Gasteiger charge is 2.17. The van der Waals surface area contributed by atoms with Crippen LogP contribution in [0.4, 0.5) is 5.13 Å². The number of benzene rings is 2. The lowest BCUT2D eigenvalue weighted by Gasteiger charge is -2.05. The van der Waals surface area contributed by atoms with Gasteiger partial charge in [-0.05, 0) is 24.3 Å². The van der Waals surface area contributed by atoms with Gasteiger partial charge in [0.2, 0.25) is 11.9 Å². The van der Waals surface area contributed by atoms with Crippen LogP contribution in [-0.2, 0) is 6.42 Å². The smallest absolute Gasteiger partial charge is 0.257 e. The first-order valence-electron chi connectivity index (χ1n) is 7.88. The van der Waals surface area contributed by atoms with Crippen LogP contribution in [0.5, 0.6) is 17.2 Å². The largest absolute Gasteiger partial charge is 0.496 e. The number of rotatable bonds is 5. The van der Waals surface area contributed by atoms with Crippen molar-refractivity contribution in [3.8, 4) is 17.2 Å².